The van der Waals surface area contributed by atoms with E-state index < -0.39 is 11.1 Å². The minimum Gasteiger partial charge on any atom is -0.266 e. The smallest absolute Gasteiger partial charge is 0.266 e. The molecule has 0 bridgehead atoms. The lowest BCUT2D eigenvalue weighted by molar-refractivity contribution is 0.752. The van der Waals surface area contributed by atoms with Crippen LogP contribution in [0.15, 0.2) is 9.59 Å². The normalized spacial score (nSPS) is 10.7. The van der Waals surface area contributed by atoms with E-state index in [-0.39, 0.29) is 17.2 Å². The van der Waals surface area contributed by atoms with Crippen LogP contribution in [0, 0.1) is 13.8 Å². The van der Waals surface area contributed by atoms with Crippen LogP contribution in [0.2, 0.25) is 0 Å². The second-order valence-corrected chi connectivity index (χ2v) is 2.86. The van der Waals surface area contributed by atoms with Crippen LogP contribution in [0.3, 0.4) is 0 Å². The summed E-state index contributed by atoms with van der Waals surface area (Å²) in [7, 11) is 0. The fraction of sp³-hybridized carbons (Fsp3) is 0.286. The highest BCUT2D eigenvalue weighted by atomic mass is 16.1. The van der Waals surface area contributed by atoms with Crippen molar-refractivity contribution in [2.45, 2.75) is 13.8 Å². The molecule has 7 nitrogen and oxygen atoms in total. The van der Waals surface area contributed by atoms with Gasteiger partial charge in [0.15, 0.2) is 0 Å². The molecule has 0 saturated carbocycles. The van der Waals surface area contributed by atoms with Gasteiger partial charge < -0.3 is 0 Å². The molecule has 2 aromatic rings. The Balaban J connectivity index is 3.05. The Morgan fingerprint density at radius 3 is 2.57 bits per heavy atom. The summed E-state index contributed by atoms with van der Waals surface area (Å²) in [6.07, 6.45) is 0. The summed E-state index contributed by atoms with van der Waals surface area (Å²) in [5.41, 5.74) is -0.363. The van der Waals surface area contributed by atoms with Gasteiger partial charge in [-0.05, 0) is 13.8 Å². The Bertz CT molecular complexity index is 611. The quantitative estimate of drug-likeness (QED) is 0.566. The van der Waals surface area contributed by atoms with Crippen LogP contribution < -0.4 is 11.1 Å². The Hall–Kier alpha value is -2.05. The van der Waals surface area contributed by atoms with Gasteiger partial charge in [-0.3, -0.25) is 14.7 Å². The molecule has 0 atom stereocenters. The van der Waals surface area contributed by atoms with Gasteiger partial charge in [-0.2, -0.15) is 4.52 Å². The molecule has 0 aromatic carbocycles. The van der Waals surface area contributed by atoms with Crippen LogP contribution in [0.25, 0.3) is 5.78 Å². The SMILES string of the molecule is Cc1nc2nnc(C)c(=O)n2[nH]c1=O. The largest absolute Gasteiger partial charge is 0.295 e. The summed E-state index contributed by atoms with van der Waals surface area (Å²) in [5.74, 6) is 0.0951. The average molecular weight is 193 g/mol. The number of H-pyrrole nitrogens is 1. The van der Waals surface area contributed by atoms with Gasteiger partial charge >= 0.3 is 0 Å². The molecular formula is C7H7N5O2. The van der Waals surface area contributed by atoms with Gasteiger partial charge in [0, 0.05) is 0 Å². The van der Waals surface area contributed by atoms with E-state index in [0.717, 1.165) is 4.52 Å². The molecule has 2 rings (SSSR count). The first-order valence-corrected chi connectivity index (χ1v) is 3.92. The molecule has 0 amide bonds. The Kier molecular flexibility index (Phi) is 1.66. The van der Waals surface area contributed by atoms with Crippen molar-refractivity contribution in [1.82, 2.24) is 24.8 Å². The van der Waals surface area contributed by atoms with Crippen molar-refractivity contribution in [1.29, 1.82) is 0 Å². The van der Waals surface area contributed by atoms with Gasteiger partial charge in [-0.25, -0.2) is 4.98 Å². The van der Waals surface area contributed by atoms with Gasteiger partial charge in [-0.15, -0.1) is 10.2 Å². The summed E-state index contributed by atoms with van der Waals surface area (Å²) in [6.45, 7) is 3.05. The van der Waals surface area contributed by atoms with E-state index in [1.165, 1.54) is 13.8 Å². The van der Waals surface area contributed by atoms with Crippen LogP contribution in [0.4, 0.5) is 0 Å². The third-order valence-corrected chi connectivity index (χ3v) is 1.81. The van der Waals surface area contributed by atoms with Crippen molar-refractivity contribution < 1.29 is 0 Å². The van der Waals surface area contributed by atoms with Gasteiger partial charge in [-0.1, -0.05) is 0 Å². The number of hydrogen-bond acceptors (Lipinski definition) is 5. The van der Waals surface area contributed by atoms with Crippen molar-refractivity contribution in [3.8, 4) is 0 Å². The Labute approximate surface area is 77.4 Å². The summed E-state index contributed by atoms with van der Waals surface area (Å²) >= 11 is 0. The van der Waals surface area contributed by atoms with Crippen molar-refractivity contribution in [2.75, 3.05) is 0 Å². The van der Waals surface area contributed by atoms with E-state index in [0.29, 0.717) is 0 Å². The van der Waals surface area contributed by atoms with Gasteiger partial charge in [0.2, 0.25) is 0 Å². The third-order valence-electron chi connectivity index (χ3n) is 1.81. The molecule has 0 saturated heterocycles. The second kappa shape index (κ2) is 2.72. The first-order valence-electron chi connectivity index (χ1n) is 3.92. The van der Waals surface area contributed by atoms with Crippen LogP contribution in [-0.4, -0.2) is 24.8 Å². The lowest BCUT2D eigenvalue weighted by Crippen LogP contribution is -2.28. The zero-order chi connectivity index (χ0) is 10.3. The predicted molar refractivity (Wildman–Crippen MR) is 47.1 cm³/mol. The molecule has 0 aliphatic heterocycles. The van der Waals surface area contributed by atoms with Crippen LogP contribution >= 0.6 is 0 Å². The highest BCUT2D eigenvalue weighted by molar-refractivity contribution is 5.23. The number of hydrogen-bond donors (Lipinski definition) is 1. The molecule has 2 aromatic heterocycles. The number of aromatic nitrogens is 5. The number of nitrogens with one attached hydrogen (secondary N) is 1. The molecular weight excluding hydrogens is 186 g/mol. The third kappa shape index (κ3) is 1.10. The van der Waals surface area contributed by atoms with Crippen LogP contribution in [0.1, 0.15) is 11.4 Å². The van der Waals surface area contributed by atoms with E-state index in [4.69, 9.17) is 0 Å². The lowest BCUT2D eigenvalue weighted by Gasteiger charge is -1.98. The molecule has 7 heteroatoms. The number of nitrogens with zero attached hydrogens (tertiary/aromatic N) is 4. The van der Waals surface area contributed by atoms with Crippen molar-refractivity contribution in [2.24, 2.45) is 0 Å². The highest BCUT2D eigenvalue weighted by Gasteiger charge is 2.05. The first kappa shape index (κ1) is 8.54. The molecule has 14 heavy (non-hydrogen) atoms. The first-order chi connectivity index (χ1) is 6.59. The highest BCUT2D eigenvalue weighted by Crippen LogP contribution is 1.86. The molecule has 0 spiro atoms. The predicted octanol–water partition coefficient (Wildman–Crippen LogP) is -1.21. The van der Waals surface area contributed by atoms with Gasteiger partial charge in [0.05, 0.1) is 0 Å². The van der Waals surface area contributed by atoms with E-state index in [1.807, 2.05) is 0 Å². The van der Waals surface area contributed by atoms with Crippen LogP contribution in [0.5, 0.6) is 0 Å². The maximum atomic E-state index is 11.4. The Morgan fingerprint density at radius 2 is 1.86 bits per heavy atom. The number of aryl methyl sites for hydroxylation is 2. The minimum absolute atomic E-state index is 0.0951. The molecule has 2 heterocycles. The fourth-order valence-electron chi connectivity index (χ4n) is 1.02. The molecule has 0 radical (unpaired) electrons. The van der Waals surface area contributed by atoms with Crippen LogP contribution in [-0.2, 0) is 0 Å². The van der Waals surface area contributed by atoms with E-state index in [2.05, 4.69) is 20.3 Å². The van der Waals surface area contributed by atoms with Gasteiger partial charge in [0.25, 0.3) is 16.9 Å². The standard InChI is InChI=1S/C7H7N5O2/c1-3-5(13)11-12-6(14)4(2)9-10-7(12)8-3/h1-2H3,(H,11,13). The fourth-order valence-corrected chi connectivity index (χ4v) is 1.02. The number of fused-ring (bicyclic) bond motifs is 1. The number of rotatable bonds is 0. The monoisotopic (exact) mass is 193 g/mol. The Morgan fingerprint density at radius 1 is 1.14 bits per heavy atom. The van der Waals surface area contributed by atoms with E-state index >= 15 is 0 Å². The van der Waals surface area contributed by atoms with Crippen molar-refractivity contribution in [3.63, 3.8) is 0 Å². The van der Waals surface area contributed by atoms with Gasteiger partial charge in [0.1, 0.15) is 11.4 Å². The molecule has 0 aliphatic rings. The summed E-state index contributed by atoms with van der Waals surface area (Å²) in [4.78, 5) is 26.4. The molecule has 1 N–H and O–H groups in total. The molecule has 0 aliphatic carbocycles. The van der Waals surface area contributed by atoms with Crippen molar-refractivity contribution in [3.05, 3.63) is 32.1 Å². The maximum absolute atomic E-state index is 11.4. The van der Waals surface area contributed by atoms with E-state index in [9.17, 15) is 9.59 Å². The lowest BCUT2D eigenvalue weighted by atomic mass is 10.5. The molecule has 72 valence electrons. The second-order valence-electron chi connectivity index (χ2n) is 2.86. The molecule has 0 unspecified atom stereocenters. The van der Waals surface area contributed by atoms with Crippen molar-refractivity contribution >= 4 is 5.78 Å². The summed E-state index contributed by atoms with van der Waals surface area (Å²) in [6, 6.07) is 0. The topological polar surface area (TPSA) is 93.0 Å². The number of aromatic amines is 1. The zero-order valence-corrected chi connectivity index (χ0v) is 7.61. The summed E-state index contributed by atoms with van der Waals surface area (Å²) < 4.78 is 0.984. The average Bonchev–Trinajstić information content (AvgIpc) is 2.15. The summed E-state index contributed by atoms with van der Waals surface area (Å²) in [5, 5.41) is 9.64. The molecule has 0 fully saturated rings. The maximum Gasteiger partial charge on any atom is 0.295 e. The minimum atomic E-state index is -0.417. The zero-order valence-electron chi connectivity index (χ0n) is 7.61. The van der Waals surface area contributed by atoms with E-state index in [1.54, 1.807) is 0 Å².